The maximum absolute atomic E-state index is 12.7. The number of aliphatic hydroxyl groups excluding tert-OH is 2. The molecular weight excluding hydrogens is 452 g/mol. The summed E-state index contributed by atoms with van der Waals surface area (Å²) in [5.41, 5.74) is -0.0584. The molecule has 0 saturated heterocycles. The summed E-state index contributed by atoms with van der Waals surface area (Å²) in [7, 11) is 0. The van der Waals surface area contributed by atoms with Crippen molar-refractivity contribution in [3.63, 3.8) is 0 Å². The highest BCUT2D eigenvalue weighted by Crippen LogP contribution is 2.42. The number of hydrogen-bond donors (Lipinski definition) is 5. The Kier molecular flexibility index (Phi) is 6.07. The van der Waals surface area contributed by atoms with Gasteiger partial charge in [0.2, 0.25) is 0 Å². The quantitative estimate of drug-likeness (QED) is 0.407. The smallest absolute Gasteiger partial charge is 0.348 e. The molecule has 8 heteroatoms. The molecule has 2 aliphatic heterocycles. The molecule has 2 aliphatic rings. The lowest BCUT2D eigenvalue weighted by molar-refractivity contribution is -0.131. The zero-order chi connectivity index (χ0) is 25.7. The predicted octanol–water partition coefficient (Wildman–Crippen LogP) is 3.74. The largest absolute Gasteiger partial charge is 0.508 e. The molecule has 0 spiro atoms. The molecule has 0 aromatic heterocycles. The number of ether oxygens (including phenoxy) is 2. The first-order valence-electron chi connectivity index (χ1n) is 11.4. The molecule has 2 heterocycles. The zero-order valence-corrected chi connectivity index (χ0v) is 20.1. The van der Waals surface area contributed by atoms with Crippen LogP contribution in [0.4, 0.5) is 0 Å². The number of fused-ring (bicyclic) bond motifs is 1. The van der Waals surface area contributed by atoms with Gasteiger partial charge in [0.05, 0.1) is 11.7 Å². The van der Waals surface area contributed by atoms with Crippen molar-refractivity contribution >= 4 is 17.6 Å². The molecule has 35 heavy (non-hydrogen) atoms. The van der Waals surface area contributed by atoms with Crippen molar-refractivity contribution in [2.45, 2.75) is 64.3 Å². The highest BCUT2D eigenvalue weighted by Gasteiger charge is 2.35. The van der Waals surface area contributed by atoms with E-state index >= 15 is 0 Å². The highest BCUT2D eigenvalue weighted by atomic mass is 16.6. The molecule has 5 N–H and O–H groups in total. The van der Waals surface area contributed by atoms with Crippen LogP contribution < -0.4 is 4.74 Å². The van der Waals surface area contributed by atoms with E-state index in [1.165, 1.54) is 32.1 Å². The summed E-state index contributed by atoms with van der Waals surface area (Å²) in [6, 6.07) is 7.60. The Morgan fingerprint density at radius 3 is 2.51 bits per heavy atom. The summed E-state index contributed by atoms with van der Waals surface area (Å²) < 4.78 is 11.2. The predicted molar refractivity (Wildman–Crippen MR) is 129 cm³/mol. The summed E-state index contributed by atoms with van der Waals surface area (Å²) in [6.45, 7) is 6.85. The normalized spacial score (nSPS) is 19.4. The molecular formula is C27H30O8. The van der Waals surface area contributed by atoms with Crippen molar-refractivity contribution in [2.24, 2.45) is 0 Å². The van der Waals surface area contributed by atoms with Gasteiger partial charge >= 0.3 is 5.97 Å². The van der Waals surface area contributed by atoms with Gasteiger partial charge in [-0.05, 0) is 81.5 Å². The number of cyclic esters (lactones) is 1. The third-order valence-electron chi connectivity index (χ3n) is 6.34. The van der Waals surface area contributed by atoms with E-state index in [1.54, 1.807) is 18.2 Å². The van der Waals surface area contributed by atoms with Crippen molar-refractivity contribution in [2.75, 3.05) is 0 Å². The van der Waals surface area contributed by atoms with Gasteiger partial charge in [-0.1, -0.05) is 6.07 Å². The fourth-order valence-electron chi connectivity index (χ4n) is 4.11. The molecule has 0 amide bonds. The number of aromatic hydroxyl groups is 2. The molecule has 0 aliphatic carbocycles. The SMILES string of the molecule is CC1(C)CCc2cc(C3=C(O)/C(=C/c4ccc(O)c(CC(O)C(C)(C)O)c4)OC3=O)c(O)cc2O1. The summed E-state index contributed by atoms with van der Waals surface area (Å²) in [5.74, 6) is -1.09. The molecule has 1 atom stereocenters. The Bertz CT molecular complexity index is 1250. The first-order chi connectivity index (χ1) is 16.2. The number of phenols is 2. The standard InChI is InChI=1S/C27H30O8/c1-26(2)8-7-15-11-17(19(29)13-20(15)35-26)23-24(31)21(34-25(23)32)10-14-5-6-18(28)16(9-14)12-22(30)27(3,4)33/h5-6,9-11,13,22,28-31,33H,7-8,12H2,1-4H3/b21-10-. The second-order valence-electron chi connectivity index (χ2n) is 10.2. The molecule has 2 aromatic carbocycles. The van der Waals surface area contributed by atoms with Crippen LogP contribution >= 0.6 is 0 Å². The molecule has 0 saturated carbocycles. The van der Waals surface area contributed by atoms with Gasteiger partial charge < -0.3 is 35.0 Å². The van der Waals surface area contributed by atoms with Crippen LogP contribution in [0, 0.1) is 0 Å². The molecule has 4 rings (SSSR count). The Balaban J connectivity index is 1.68. The van der Waals surface area contributed by atoms with Crippen LogP contribution in [0.3, 0.4) is 0 Å². The van der Waals surface area contributed by atoms with Gasteiger partial charge in [0.15, 0.2) is 11.5 Å². The van der Waals surface area contributed by atoms with Crippen LogP contribution in [0.2, 0.25) is 0 Å². The maximum Gasteiger partial charge on any atom is 0.348 e. The number of rotatable bonds is 5. The number of carbonyl (C=O) groups is 1. The number of aryl methyl sites for hydroxylation is 1. The molecule has 0 radical (unpaired) electrons. The van der Waals surface area contributed by atoms with E-state index in [2.05, 4.69) is 0 Å². The number of esters is 1. The second kappa shape index (κ2) is 8.62. The van der Waals surface area contributed by atoms with Crippen LogP contribution in [0.25, 0.3) is 11.6 Å². The van der Waals surface area contributed by atoms with Crippen LogP contribution in [0.5, 0.6) is 17.2 Å². The average Bonchev–Trinajstić information content (AvgIpc) is 3.01. The first-order valence-corrected chi connectivity index (χ1v) is 11.4. The lowest BCUT2D eigenvalue weighted by atomic mass is 9.91. The molecule has 1 unspecified atom stereocenters. The van der Waals surface area contributed by atoms with E-state index < -0.39 is 23.4 Å². The van der Waals surface area contributed by atoms with Gasteiger partial charge in [-0.15, -0.1) is 0 Å². The lowest BCUT2D eigenvalue weighted by Gasteiger charge is -2.32. The van der Waals surface area contributed by atoms with E-state index in [0.29, 0.717) is 23.3 Å². The number of benzene rings is 2. The Hall–Kier alpha value is -3.49. The number of aliphatic hydroxyl groups is 3. The van der Waals surface area contributed by atoms with Crippen LogP contribution in [-0.4, -0.2) is 48.8 Å². The summed E-state index contributed by atoms with van der Waals surface area (Å²) in [4.78, 5) is 12.7. The van der Waals surface area contributed by atoms with Crippen LogP contribution in [-0.2, 0) is 22.4 Å². The van der Waals surface area contributed by atoms with Gasteiger partial charge in [-0.2, -0.15) is 0 Å². The van der Waals surface area contributed by atoms with Crippen molar-refractivity contribution in [3.8, 4) is 17.2 Å². The van der Waals surface area contributed by atoms with Gasteiger partial charge in [0.25, 0.3) is 0 Å². The Morgan fingerprint density at radius 1 is 1.11 bits per heavy atom. The third kappa shape index (κ3) is 4.99. The maximum atomic E-state index is 12.7. The first kappa shape index (κ1) is 24.6. The topological polar surface area (TPSA) is 137 Å². The van der Waals surface area contributed by atoms with Gasteiger partial charge in [-0.3, -0.25) is 0 Å². The fourth-order valence-corrected chi connectivity index (χ4v) is 4.11. The van der Waals surface area contributed by atoms with Crippen LogP contribution in [0.15, 0.2) is 41.9 Å². The minimum absolute atomic E-state index is 0.0128. The molecule has 0 bridgehead atoms. The number of phenolic OH excluding ortho intramolecular Hbond substituents is 2. The van der Waals surface area contributed by atoms with Gasteiger partial charge in [0, 0.05) is 18.1 Å². The van der Waals surface area contributed by atoms with E-state index in [0.717, 1.165) is 12.0 Å². The summed E-state index contributed by atoms with van der Waals surface area (Å²) in [6.07, 6.45) is 1.73. The van der Waals surface area contributed by atoms with Crippen molar-refractivity contribution in [1.29, 1.82) is 0 Å². The third-order valence-corrected chi connectivity index (χ3v) is 6.34. The minimum Gasteiger partial charge on any atom is -0.508 e. The lowest BCUT2D eigenvalue weighted by Crippen LogP contribution is -2.37. The molecule has 0 fully saturated rings. The van der Waals surface area contributed by atoms with E-state index in [1.807, 2.05) is 13.8 Å². The molecule has 2 aromatic rings. The molecule has 8 nitrogen and oxygen atoms in total. The fraction of sp³-hybridized carbons (Fsp3) is 0.370. The van der Waals surface area contributed by atoms with Crippen molar-refractivity contribution < 1.29 is 39.8 Å². The minimum atomic E-state index is -1.37. The van der Waals surface area contributed by atoms with Gasteiger partial charge in [-0.25, -0.2) is 4.79 Å². The highest BCUT2D eigenvalue weighted by molar-refractivity contribution is 6.21. The zero-order valence-electron chi connectivity index (χ0n) is 20.1. The number of carbonyl (C=O) groups excluding carboxylic acids is 1. The van der Waals surface area contributed by atoms with E-state index in [9.17, 15) is 30.3 Å². The van der Waals surface area contributed by atoms with Crippen molar-refractivity contribution in [3.05, 3.63) is 64.1 Å². The monoisotopic (exact) mass is 482 g/mol. The Morgan fingerprint density at radius 2 is 1.83 bits per heavy atom. The second-order valence-corrected chi connectivity index (χ2v) is 10.2. The number of hydrogen-bond acceptors (Lipinski definition) is 8. The average molecular weight is 483 g/mol. The van der Waals surface area contributed by atoms with Crippen LogP contribution in [0.1, 0.15) is 56.4 Å². The Labute approximate surface area is 203 Å². The van der Waals surface area contributed by atoms with E-state index in [4.69, 9.17) is 9.47 Å². The van der Waals surface area contributed by atoms with E-state index in [-0.39, 0.29) is 40.4 Å². The molecule has 186 valence electrons. The van der Waals surface area contributed by atoms with Gasteiger partial charge in [0.1, 0.15) is 28.4 Å². The summed E-state index contributed by atoms with van der Waals surface area (Å²) in [5, 5.41) is 51.8. The van der Waals surface area contributed by atoms with Crippen molar-refractivity contribution in [1.82, 2.24) is 0 Å². The summed E-state index contributed by atoms with van der Waals surface area (Å²) >= 11 is 0.